The fraction of sp³-hybridized carbons (Fsp3) is 0.241. The summed E-state index contributed by atoms with van der Waals surface area (Å²) in [5.74, 6) is 0. The molecule has 2 aliphatic rings. The van der Waals surface area contributed by atoms with Crippen molar-refractivity contribution in [3.05, 3.63) is 108 Å². The van der Waals surface area contributed by atoms with Crippen molar-refractivity contribution in [2.45, 2.75) is 32.4 Å². The minimum absolute atomic E-state index is 0.366. The van der Waals surface area contributed by atoms with Gasteiger partial charge in [0.05, 0.1) is 11.4 Å². The lowest BCUT2D eigenvalue weighted by atomic mass is 9.97. The van der Waals surface area contributed by atoms with Gasteiger partial charge in [-0.25, -0.2) is 4.98 Å². The summed E-state index contributed by atoms with van der Waals surface area (Å²) < 4.78 is 0. The van der Waals surface area contributed by atoms with Gasteiger partial charge in [0, 0.05) is 30.9 Å². The molecule has 3 heteroatoms. The maximum atomic E-state index is 4.95. The number of hydrogen-bond donors (Lipinski definition) is 0. The predicted molar refractivity (Wildman–Crippen MR) is 134 cm³/mol. The quantitative estimate of drug-likeness (QED) is 0.487. The summed E-state index contributed by atoms with van der Waals surface area (Å²) in [5, 5.41) is 0. The maximum absolute atomic E-state index is 4.95. The van der Waals surface area contributed by atoms with Crippen LogP contribution in [-0.4, -0.2) is 28.7 Å². The van der Waals surface area contributed by atoms with Gasteiger partial charge in [0.25, 0.3) is 0 Å². The molecule has 0 saturated carbocycles. The van der Waals surface area contributed by atoms with Crippen molar-refractivity contribution in [2.24, 2.45) is 4.99 Å². The first kappa shape index (κ1) is 20.6. The molecule has 5 rings (SSSR count). The zero-order chi connectivity index (χ0) is 22.0. The van der Waals surface area contributed by atoms with Gasteiger partial charge < -0.3 is 0 Å². The molecule has 1 aromatic heterocycles. The molecular weight excluding hydrogens is 390 g/mol. The third-order valence-electron chi connectivity index (χ3n) is 6.36. The van der Waals surface area contributed by atoms with Crippen molar-refractivity contribution in [3.8, 4) is 11.3 Å². The summed E-state index contributed by atoms with van der Waals surface area (Å²) in [5.41, 5.74) is 7.88. The third-order valence-corrected chi connectivity index (χ3v) is 6.36. The second kappa shape index (κ2) is 8.68. The SMILES string of the molecule is CC1=NC(C)(c2cccc(-c3ccc(C4=CCCN(Cc5ccccc5)C4)cc3)n2)C=C1. The van der Waals surface area contributed by atoms with Gasteiger partial charge in [-0.05, 0) is 61.3 Å². The molecule has 0 aliphatic carbocycles. The summed E-state index contributed by atoms with van der Waals surface area (Å²) in [4.78, 5) is 12.2. The number of aromatic nitrogens is 1. The number of hydrogen-bond acceptors (Lipinski definition) is 3. The van der Waals surface area contributed by atoms with Crippen molar-refractivity contribution < 1.29 is 0 Å². The maximum Gasteiger partial charge on any atom is 0.118 e. The Bertz CT molecular complexity index is 1190. The number of nitrogens with zero attached hydrogens (tertiary/aromatic N) is 3. The highest BCUT2D eigenvalue weighted by Crippen LogP contribution is 2.31. The molecule has 0 amide bonds. The molecule has 0 N–H and O–H groups in total. The first-order chi connectivity index (χ1) is 15.6. The molecule has 0 saturated heterocycles. The average molecular weight is 420 g/mol. The highest BCUT2D eigenvalue weighted by atomic mass is 15.1. The third kappa shape index (κ3) is 4.35. The molecule has 0 spiro atoms. The van der Waals surface area contributed by atoms with Crippen LogP contribution in [0, 0.1) is 0 Å². The zero-order valence-electron chi connectivity index (χ0n) is 18.8. The van der Waals surface area contributed by atoms with Crippen molar-refractivity contribution in [2.75, 3.05) is 13.1 Å². The van der Waals surface area contributed by atoms with Gasteiger partial charge in [-0.3, -0.25) is 9.89 Å². The first-order valence-electron chi connectivity index (χ1n) is 11.4. The smallest absolute Gasteiger partial charge is 0.118 e. The Morgan fingerprint density at radius 3 is 2.44 bits per heavy atom. The first-order valence-corrected chi connectivity index (χ1v) is 11.4. The van der Waals surface area contributed by atoms with Gasteiger partial charge >= 0.3 is 0 Å². The van der Waals surface area contributed by atoms with Gasteiger partial charge in [-0.1, -0.05) is 66.7 Å². The standard InChI is InChI=1S/C29H29N3/c1-22-17-18-29(2,31-22)28-12-6-11-27(30-28)25-15-13-24(14-16-25)26-10-7-19-32(21-26)20-23-8-4-3-5-9-23/h3-6,8-18H,7,19-21H2,1-2H3. The van der Waals surface area contributed by atoms with E-state index in [4.69, 9.17) is 9.98 Å². The van der Waals surface area contributed by atoms with Gasteiger partial charge in [0.1, 0.15) is 5.54 Å². The average Bonchev–Trinajstić information content (AvgIpc) is 3.20. The van der Waals surface area contributed by atoms with Gasteiger partial charge in [0.2, 0.25) is 0 Å². The van der Waals surface area contributed by atoms with Crippen molar-refractivity contribution in [3.63, 3.8) is 0 Å². The summed E-state index contributed by atoms with van der Waals surface area (Å²) in [6, 6.07) is 25.8. The van der Waals surface area contributed by atoms with E-state index in [1.165, 1.54) is 16.7 Å². The van der Waals surface area contributed by atoms with Crippen LogP contribution >= 0.6 is 0 Å². The van der Waals surface area contributed by atoms with Crippen LogP contribution in [0.3, 0.4) is 0 Å². The largest absolute Gasteiger partial charge is 0.295 e. The van der Waals surface area contributed by atoms with Gasteiger partial charge in [-0.15, -0.1) is 0 Å². The second-order valence-electron chi connectivity index (χ2n) is 8.93. The summed E-state index contributed by atoms with van der Waals surface area (Å²) >= 11 is 0. The van der Waals surface area contributed by atoms with Gasteiger partial charge in [-0.2, -0.15) is 0 Å². The highest BCUT2D eigenvalue weighted by molar-refractivity contribution is 5.95. The van der Waals surface area contributed by atoms with Crippen molar-refractivity contribution in [1.29, 1.82) is 0 Å². The number of aliphatic imine (C=N–C) groups is 1. The van der Waals surface area contributed by atoms with E-state index in [9.17, 15) is 0 Å². The van der Waals surface area contributed by atoms with E-state index < -0.39 is 0 Å². The molecule has 32 heavy (non-hydrogen) atoms. The van der Waals surface area contributed by atoms with Crippen LogP contribution in [0.25, 0.3) is 16.8 Å². The Balaban J connectivity index is 1.32. The fourth-order valence-corrected chi connectivity index (χ4v) is 4.59. The monoisotopic (exact) mass is 419 g/mol. The molecule has 1 unspecified atom stereocenters. The molecule has 3 aromatic rings. The van der Waals surface area contributed by atoms with Gasteiger partial charge in [0.15, 0.2) is 0 Å². The van der Waals surface area contributed by atoms with Crippen LogP contribution < -0.4 is 0 Å². The molecule has 3 heterocycles. The van der Waals surface area contributed by atoms with Crippen LogP contribution in [0.1, 0.15) is 37.1 Å². The number of allylic oxidation sites excluding steroid dienone is 1. The molecule has 3 nitrogen and oxygen atoms in total. The Morgan fingerprint density at radius 2 is 1.69 bits per heavy atom. The molecule has 160 valence electrons. The Kier molecular flexibility index (Phi) is 5.59. The molecule has 2 aromatic carbocycles. The molecular formula is C29H29N3. The summed E-state index contributed by atoms with van der Waals surface area (Å²) in [7, 11) is 0. The van der Waals surface area contributed by atoms with E-state index in [0.29, 0.717) is 0 Å². The second-order valence-corrected chi connectivity index (χ2v) is 8.93. The number of benzene rings is 2. The Labute approximate surface area is 190 Å². The highest BCUT2D eigenvalue weighted by Gasteiger charge is 2.27. The molecule has 1 atom stereocenters. The fourth-order valence-electron chi connectivity index (χ4n) is 4.59. The van der Waals surface area contributed by atoms with E-state index in [2.05, 4.69) is 103 Å². The van der Waals surface area contributed by atoms with Crippen LogP contribution in [0.2, 0.25) is 0 Å². The minimum atomic E-state index is -0.366. The van der Waals surface area contributed by atoms with Crippen LogP contribution in [-0.2, 0) is 12.1 Å². The van der Waals surface area contributed by atoms with E-state index in [0.717, 1.165) is 48.7 Å². The number of pyridine rings is 1. The van der Waals surface area contributed by atoms with E-state index in [1.807, 2.05) is 6.92 Å². The Morgan fingerprint density at radius 1 is 0.906 bits per heavy atom. The van der Waals surface area contributed by atoms with Crippen LogP contribution in [0.5, 0.6) is 0 Å². The predicted octanol–water partition coefficient (Wildman–Crippen LogP) is 6.28. The summed E-state index contributed by atoms with van der Waals surface area (Å²) in [6.45, 7) is 7.26. The molecule has 0 fully saturated rings. The molecule has 2 aliphatic heterocycles. The molecule has 0 bridgehead atoms. The lowest BCUT2D eigenvalue weighted by molar-refractivity contribution is 0.296. The van der Waals surface area contributed by atoms with E-state index in [1.54, 1.807) is 0 Å². The number of rotatable bonds is 5. The van der Waals surface area contributed by atoms with E-state index >= 15 is 0 Å². The molecule has 0 radical (unpaired) electrons. The summed E-state index contributed by atoms with van der Waals surface area (Å²) in [6.07, 6.45) is 7.69. The van der Waals surface area contributed by atoms with Crippen LogP contribution in [0.15, 0.2) is 96.0 Å². The lowest BCUT2D eigenvalue weighted by Crippen LogP contribution is -2.29. The van der Waals surface area contributed by atoms with Crippen LogP contribution in [0.4, 0.5) is 0 Å². The zero-order valence-corrected chi connectivity index (χ0v) is 18.8. The van der Waals surface area contributed by atoms with E-state index in [-0.39, 0.29) is 5.54 Å². The normalized spacial score (nSPS) is 20.8. The minimum Gasteiger partial charge on any atom is -0.295 e. The van der Waals surface area contributed by atoms with Crippen molar-refractivity contribution >= 4 is 11.3 Å². The van der Waals surface area contributed by atoms with Crippen molar-refractivity contribution in [1.82, 2.24) is 9.88 Å². The Hall–Kier alpha value is -3.30. The topological polar surface area (TPSA) is 28.5 Å². The lowest BCUT2D eigenvalue weighted by Gasteiger charge is -2.27.